The Hall–Kier alpha value is -0.920. The van der Waals surface area contributed by atoms with Gasteiger partial charge in [-0.05, 0) is 98.1 Å². The van der Waals surface area contributed by atoms with Gasteiger partial charge in [-0.2, -0.15) is 0 Å². The van der Waals surface area contributed by atoms with Gasteiger partial charge in [-0.25, -0.2) is 8.78 Å². The second-order valence-electron chi connectivity index (χ2n) is 11.2. The molecule has 5 unspecified atom stereocenters. The third-order valence-electron chi connectivity index (χ3n) is 9.18. The van der Waals surface area contributed by atoms with E-state index in [-0.39, 0.29) is 17.6 Å². The van der Waals surface area contributed by atoms with Gasteiger partial charge in [-0.1, -0.05) is 65.2 Å². The molecule has 2 heteroatoms. The van der Waals surface area contributed by atoms with Crippen molar-refractivity contribution in [3.8, 4) is 0 Å². The molecule has 3 aliphatic carbocycles. The van der Waals surface area contributed by atoms with Crippen LogP contribution in [0.3, 0.4) is 0 Å². The minimum absolute atomic E-state index is 0.0982. The molecule has 0 bridgehead atoms. The lowest BCUT2D eigenvalue weighted by molar-refractivity contribution is 0.111. The normalized spacial score (nSPS) is 30.6. The van der Waals surface area contributed by atoms with Crippen molar-refractivity contribution in [2.24, 2.45) is 23.7 Å². The average molecular weight is 431 g/mol. The summed E-state index contributed by atoms with van der Waals surface area (Å²) in [5, 5.41) is 0. The first kappa shape index (κ1) is 23.2. The molecule has 174 valence electrons. The van der Waals surface area contributed by atoms with E-state index in [0.29, 0.717) is 17.4 Å². The second-order valence-corrected chi connectivity index (χ2v) is 11.2. The smallest absolute Gasteiger partial charge is 0.133 e. The molecule has 0 amide bonds. The summed E-state index contributed by atoms with van der Waals surface area (Å²) in [5.41, 5.74) is 2.24. The number of hydrogen-bond donors (Lipinski definition) is 0. The highest BCUT2D eigenvalue weighted by atomic mass is 19.1. The lowest BCUT2D eigenvalue weighted by atomic mass is 9.63. The van der Waals surface area contributed by atoms with Crippen LogP contribution in [0.2, 0.25) is 0 Å². The number of rotatable bonds is 8. The van der Waals surface area contributed by atoms with Gasteiger partial charge in [-0.3, -0.25) is 0 Å². The summed E-state index contributed by atoms with van der Waals surface area (Å²) in [6.07, 6.45) is 19.3. The second kappa shape index (κ2) is 10.8. The number of hydrogen-bond acceptors (Lipinski definition) is 0. The van der Waals surface area contributed by atoms with Crippen LogP contribution in [0.5, 0.6) is 0 Å². The summed E-state index contributed by atoms with van der Waals surface area (Å²) < 4.78 is 30.6. The van der Waals surface area contributed by atoms with Crippen molar-refractivity contribution < 1.29 is 8.78 Å². The van der Waals surface area contributed by atoms with Crippen LogP contribution < -0.4 is 0 Å². The van der Waals surface area contributed by atoms with Crippen molar-refractivity contribution in [3.05, 3.63) is 34.4 Å². The highest BCUT2D eigenvalue weighted by molar-refractivity contribution is 5.39. The Morgan fingerprint density at radius 1 is 0.839 bits per heavy atom. The van der Waals surface area contributed by atoms with E-state index in [1.54, 1.807) is 6.07 Å². The van der Waals surface area contributed by atoms with Gasteiger partial charge in [0, 0.05) is 5.56 Å². The average Bonchev–Trinajstić information content (AvgIpc) is 2.78. The van der Waals surface area contributed by atoms with Crippen LogP contribution in [0.1, 0.15) is 126 Å². The maximum atomic E-state index is 15.5. The molecule has 0 spiro atoms. The van der Waals surface area contributed by atoms with Gasteiger partial charge in [0.1, 0.15) is 11.6 Å². The molecule has 4 rings (SSSR count). The topological polar surface area (TPSA) is 0 Å². The molecule has 0 saturated heterocycles. The highest BCUT2D eigenvalue weighted by Crippen LogP contribution is 2.49. The maximum absolute atomic E-state index is 15.5. The fourth-order valence-electron chi connectivity index (χ4n) is 7.21. The Balaban J connectivity index is 1.36. The number of unbranched alkanes of at least 4 members (excludes halogenated alkanes) is 4. The summed E-state index contributed by atoms with van der Waals surface area (Å²) in [4.78, 5) is 0. The number of halogens is 2. The predicted octanol–water partition coefficient (Wildman–Crippen LogP) is 9.14. The van der Waals surface area contributed by atoms with Gasteiger partial charge in [0.2, 0.25) is 0 Å². The first-order valence-electron chi connectivity index (χ1n) is 13.6. The molecular formula is C29H44F2. The largest absolute Gasteiger partial charge is 0.207 e. The van der Waals surface area contributed by atoms with Crippen molar-refractivity contribution in [2.45, 2.75) is 122 Å². The monoisotopic (exact) mass is 430 g/mol. The summed E-state index contributed by atoms with van der Waals surface area (Å²) in [7, 11) is 0. The zero-order valence-corrected chi connectivity index (χ0v) is 20.0. The molecule has 0 radical (unpaired) electrons. The van der Waals surface area contributed by atoms with Crippen LogP contribution in [-0.2, 0) is 12.8 Å². The molecule has 0 aromatic heterocycles. The first-order valence-corrected chi connectivity index (χ1v) is 13.6. The minimum atomic E-state index is -0.253. The molecule has 0 N–H and O–H groups in total. The molecule has 5 atom stereocenters. The molecule has 0 heterocycles. The molecule has 0 nitrogen and oxygen atoms in total. The molecule has 0 aliphatic heterocycles. The van der Waals surface area contributed by atoms with Gasteiger partial charge >= 0.3 is 0 Å². The molecule has 31 heavy (non-hydrogen) atoms. The highest BCUT2D eigenvalue weighted by Gasteiger charge is 2.38. The van der Waals surface area contributed by atoms with E-state index >= 15 is 8.78 Å². The zero-order valence-electron chi connectivity index (χ0n) is 20.0. The van der Waals surface area contributed by atoms with Crippen LogP contribution in [0.4, 0.5) is 8.78 Å². The Morgan fingerprint density at radius 3 is 2.42 bits per heavy atom. The summed E-state index contributed by atoms with van der Waals surface area (Å²) in [5.74, 6) is 2.67. The van der Waals surface area contributed by atoms with Crippen LogP contribution in [0, 0.1) is 35.3 Å². The SMILES string of the molecule is CCCCCCCC1CCC2CC(c3c(F)cc4c(c3F)CCC(CC)C4)CCC2C1. The van der Waals surface area contributed by atoms with Gasteiger partial charge in [0.25, 0.3) is 0 Å². The van der Waals surface area contributed by atoms with Crippen molar-refractivity contribution in [1.82, 2.24) is 0 Å². The summed E-state index contributed by atoms with van der Waals surface area (Å²) in [6, 6.07) is 1.71. The van der Waals surface area contributed by atoms with E-state index in [9.17, 15) is 0 Å². The molecular weight excluding hydrogens is 386 g/mol. The van der Waals surface area contributed by atoms with Crippen molar-refractivity contribution in [1.29, 1.82) is 0 Å². The molecule has 3 aliphatic rings. The molecule has 2 fully saturated rings. The third kappa shape index (κ3) is 5.36. The van der Waals surface area contributed by atoms with E-state index < -0.39 is 0 Å². The van der Waals surface area contributed by atoms with Crippen LogP contribution in [0.15, 0.2) is 6.07 Å². The van der Waals surface area contributed by atoms with Gasteiger partial charge < -0.3 is 0 Å². The van der Waals surface area contributed by atoms with Crippen LogP contribution in [0.25, 0.3) is 0 Å². The van der Waals surface area contributed by atoms with E-state index in [2.05, 4.69) is 13.8 Å². The zero-order chi connectivity index (χ0) is 21.8. The Kier molecular flexibility index (Phi) is 8.10. The molecule has 2 saturated carbocycles. The summed E-state index contributed by atoms with van der Waals surface area (Å²) in [6.45, 7) is 4.47. The van der Waals surface area contributed by atoms with E-state index in [1.807, 2.05) is 0 Å². The lowest BCUT2D eigenvalue weighted by Crippen LogP contribution is -2.31. The fraction of sp³-hybridized carbons (Fsp3) is 0.793. The number of fused-ring (bicyclic) bond motifs is 2. The molecule has 1 aromatic carbocycles. The van der Waals surface area contributed by atoms with Crippen molar-refractivity contribution in [2.75, 3.05) is 0 Å². The first-order chi connectivity index (χ1) is 15.1. The van der Waals surface area contributed by atoms with Crippen LogP contribution in [-0.4, -0.2) is 0 Å². The van der Waals surface area contributed by atoms with Crippen molar-refractivity contribution >= 4 is 0 Å². The Bertz CT molecular complexity index is 724. The quantitative estimate of drug-likeness (QED) is 0.361. The Labute approximate surface area is 189 Å². The van der Waals surface area contributed by atoms with Gasteiger partial charge in [0.15, 0.2) is 0 Å². The van der Waals surface area contributed by atoms with Crippen LogP contribution >= 0.6 is 0 Å². The molecule has 1 aromatic rings. The van der Waals surface area contributed by atoms with Gasteiger partial charge in [0.05, 0.1) is 0 Å². The van der Waals surface area contributed by atoms with E-state index in [4.69, 9.17) is 0 Å². The van der Waals surface area contributed by atoms with Gasteiger partial charge in [-0.15, -0.1) is 0 Å². The van der Waals surface area contributed by atoms with Crippen molar-refractivity contribution in [3.63, 3.8) is 0 Å². The van der Waals surface area contributed by atoms with E-state index in [0.717, 1.165) is 61.5 Å². The standard InChI is InChI=1S/C29H44F2/c1-3-5-6-7-8-9-21-10-12-23-18-24(14-13-22(23)17-21)28-27(30)19-25-16-20(4-2)11-15-26(25)29(28)31/h19-24H,3-18H2,1-2H3. The predicted molar refractivity (Wildman–Crippen MR) is 126 cm³/mol. The number of benzene rings is 1. The summed E-state index contributed by atoms with van der Waals surface area (Å²) >= 11 is 0. The van der Waals surface area contributed by atoms with E-state index in [1.165, 1.54) is 64.2 Å². The lowest BCUT2D eigenvalue weighted by Gasteiger charge is -2.42. The Morgan fingerprint density at radius 2 is 1.61 bits per heavy atom. The minimum Gasteiger partial charge on any atom is -0.207 e. The third-order valence-corrected chi connectivity index (χ3v) is 9.18. The maximum Gasteiger partial charge on any atom is 0.133 e. The fourth-order valence-corrected chi connectivity index (χ4v) is 7.21.